The number of halogens is 3. The first-order valence-electron chi connectivity index (χ1n) is 5.66. The van der Waals surface area contributed by atoms with Gasteiger partial charge in [-0.15, -0.1) is 0 Å². The van der Waals surface area contributed by atoms with E-state index in [0.29, 0.717) is 0 Å². The number of benzene rings is 1. The van der Waals surface area contributed by atoms with Crippen molar-refractivity contribution in [2.45, 2.75) is 12.3 Å². The van der Waals surface area contributed by atoms with Crippen LogP contribution in [0.2, 0.25) is 0 Å². The van der Waals surface area contributed by atoms with Gasteiger partial charge in [0.2, 0.25) is 0 Å². The molecule has 0 radical (unpaired) electrons. The highest BCUT2D eigenvalue weighted by Gasteiger charge is 2.31. The second-order valence-electron chi connectivity index (χ2n) is 4.22. The van der Waals surface area contributed by atoms with Crippen LogP contribution in [-0.2, 0) is 6.18 Å². The fraction of sp³-hybridized carbons (Fsp3) is 0.154. The molecule has 0 aliphatic carbocycles. The minimum atomic E-state index is -4.51. The van der Waals surface area contributed by atoms with Crippen molar-refractivity contribution in [3.05, 3.63) is 53.2 Å². The quantitative estimate of drug-likeness (QED) is 0.738. The monoisotopic (exact) mass is 283 g/mol. The van der Waals surface area contributed by atoms with Crippen LogP contribution in [0.3, 0.4) is 0 Å². The Balaban J connectivity index is 2.50. The van der Waals surface area contributed by atoms with Crippen LogP contribution in [0.25, 0.3) is 0 Å². The van der Waals surface area contributed by atoms with Gasteiger partial charge in [0.1, 0.15) is 11.9 Å². The zero-order chi connectivity index (χ0) is 14.9. The van der Waals surface area contributed by atoms with Crippen LogP contribution in [-0.4, -0.2) is 10.1 Å². The van der Waals surface area contributed by atoms with Gasteiger partial charge in [-0.3, -0.25) is 0 Å². The van der Waals surface area contributed by atoms with Gasteiger partial charge in [-0.25, -0.2) is 4.98 Å². The molecule has 0 saturated carbocycles. The second-order valence-corrected chi connectivity index (χ2v) is 4.22. The molecule has 2 rings (SSSR count). The SMILES string of the molecule is Nc1ccc(C(F)(F)F)cc1C(O)c1cccnc1N. The Hall–Kier alpha value is -2.28. The van der Waals surface area contributed by atoms with Crippen LogP contribution in [0.1, 0.15) is 22.8 Å². The summed E-state index contributed by atoms with van der Waals surface area (Å²) in [5.41, 5.74) is 10.5. The van der Waals surface area contributed by atoms with E-state index in [9.17, 15) is 18.3 Å². The van der Waals surface area contributed by atoms with Crippen LogP contribution in [0.5, 0.6) is 0 Å². The Bertz CT molecular complexity index is 628. The van der Waals surface area contributed by atoms with Gasteiger partial charge >= 0.3 is 6.18 Å². The number of nitrogens with zero attached hydrogens (tertiary/aromatic N) is 1. The molecular formula is C13H12F3N3O. The fourth-order valence-electron chi connectivity index (χ4n) is 1.82. The van der Waals surface area contributed by atoms with Crippen molar-refractivity contribution in [2.75, 3.05) is 11.5 Å². The van der Waals surface area contributed by atoms with Crippen molar-refractivity contribution in [2.24, 2.45) is 0 Å². The molecule has 1 aromatic heterocycles. The highest BCUT2D eigenvalue weighted by molar-refractivity contribution is 5.55. The lowest BCUT2D eigenvalue weighted by molar-refractivity contribution is -0.137. The van der Waals surface area contributed by atoms with E-state index in [1.54, 1.807) is 0 Å². The van der Waals surface area contributed by atoms with Gasteiger partial charge in [-0.05, 0) is 24.3 Å². The van der Waals surface area contributed by atoms with Crippen LogP contribution in [0.4, 0.5) is 24.7 Å². The van der Waals surface area contributed by atoms with E-state index in [2.05, 4.69) is 4.98 Å². The lowest BCUT2D eigenvalue weighted by atomic mass is 9.98. The minimum absolute atomic E-state index is 0.0387. The number of hydrogen-bond acceptors (Lipinski definition) is 4. The summed E-state index contributed by atoms with van der Waals surface area (Å²) in [7, 11) is 0. The first-order chi connectivity index (χ1) is 9.30. The van der Waals surface area contributed by atoms with Crippen molar-refractivity contribution in [1.82, 2.24) is 4.98 Å². The van der Waals surface area contributed by atoms with Crippen molar-refractivity contribution >= 4 is 11.5 Å². The van der Waals surface area contributed by atoms with Crippen molar-refractivity contribution in [3.8, 4) is 0 Å². The van der Waals surface area contributed by atoms with E-state index < -0.39 is 17.8 Å². The third-order valence-electron chi connectivity index (χ3n) is 2.87. The number of alkyl halides is 3. The maximum atomic E-state index is 12.7. The van der Waals surface area contributed by atoms with Crippen LogP contribution >= 0.6 is 0 Å². The average Bonchev–Trinajstić information content (AvgIpc) is 2.37. The minimum Gasteiger partial charge on any atom is -0.398 e. The summed E-state index contributed by atoms with van der Waals surface area (Å²) >= 11 is 0. The molecule has 7 heteroatoms. The summed E-state index contributed by atoms with van der Waals surface area (Å²) in [6, 6.07) is 5.78. The molecule has 0 amide bonds. The fourth-order valence-corrected chi connectivity index (χ4v) is 1.82. The Morgan fingerprint density at radius 2 is 1.80 bits per heavy atom. The van der Waals surface area contributed by atoms with Gasteiger partial charge in [0.25, 0.3) is 0 Å². The van der Waals surface area contributed by atoms with E-state index in [0.717, 1.165) is 18.2 Å². The molecule has 0 aliphatic heterocycles. The normalized spacial score (nSPS) is 13.2. The van der Waals surface area contributed by atoms with Gasteiger partial charge in [0.15, 0.2) is 0 Å². The standard InChI is InChI=1S/C13H12F3N3O/c14-13(15,16)7-3-4-10(17)9(6-7)11(20)8-2-1-5-19-12(8)18/h1-6,11,20H,17H2,(H2,18,19). The zero-order valence-corrected chi connectivity index (χ0v) is 10.2. The molecule has 0 saturated heterocycles. The molecule has 1 aromatic carbocycles. The first-order valence-corrected chi connectivity index (χ1v) is 5.66. The Morgan fingerprint density at radius 3 is 2.40 bits per heavy atom. The van der Waals surface area contributed by atoms with Gasteiger partial charge in [-0.2, -0.15) is 13.2 Å². The molecule has 4 nitrogen and oxygen atoms in total. The largest absolute Gasteiger partial charge is 0.416 e. The van der Waals surface area contributed by atoms with E-state index in [1.807, 2.05) is 0 Å². The van der Waals surface area contributed by atoms with Gasteiger partial charge in [-0.1, -0.05) is 6.07 Å². The maximum Gasteiger partial charge on any atom is 0.416 e. The molecule has 0 fully saturated rings. The number of aromatic nitrogens is 1. The van der Waals surface area contributed by atoms with E-state index >= 15 is 0 Å². The highest BCUT2D eigenvalue weighted by Crippen LogP contribution is 2.35. The highest BCUT2D eigenvalue weighted by atomic mass is 19.4. The number of pyridine rings is 1. The van der Waals surface area contributed by atoms with E-state index in [1.165, 1.54) is 18.3 Å². The smallest absolute Gasteiger partial charge is 0.398 e. The Morgan fingerprint density at radius 1 is 1.10 bits per heavy atom. The topological polar surface area (TPSA) is 85.2 Å². The molecule has 1 heterocycles. The molecule has 20 heavy (non-hydrogen) atoms. The third kappa shape index (κ3) is 2.67. The number of anilines is 2. The summed E-state index contributed by atoms with van der Waals surface area (Å²) in [5, 5.41) is 10.2. The van der Waals surface area contributed by atoms with Crippen molar-refractivity contribution in [1.29, 1.82) is 0 Å². The van der Waals surface area contributed by atoms with Crippen LogP contribution in [0, 0.1) is 0 Å². The lowest BCUT2D eigenvalue weighted by Gasteiger charge is -2.17. The van der Waals surface area contributed by atoms with Crippen molar-refractivity contribution < 1.29 is 18.3 Å². The predicted octanol–water partition coefficient (Wildman–Crippen LogP) is 2.35. The summed E-state index contributed by atoms with van der Waals surface area (Å²) < 4.78 is 38.1. The zero-order valence-electron chi connectivity index (χ0n) is 10.2. The van der Waals surface area contributed by atoms with Crippen LogP contribution in [0.15, 0.2) is 36.5 Å². The molecule has 106 valence electrons. The second kappa shape index (κ2) is 5.01. The van der Waals surface area contributed by atoms with E-state index in [4.69, 9.17) is 11.5 Å². The molecule has 0 aliphatic rings. The number of aliphatic hydroxyl groups is 1. The maximum absolute atomic E-state index is 12.7. The molecule has 5 N–H and O–H groups in total. The Kier molecular flexibility index (Phi) is 3.54. The van der Waals surface area contributed by atoms with Crippen LogP contribution < -0.4 is 11.5 Å². The molecule has 1 atom stereocenters. The predicted molar refractivity (Wildman–Crippen MR) is 68.6 cm³/mol. The summed E-state index contributed by atoms with van der Waals surface area (Å²) in [4.78, 5) is 3.78. The van der Waals surface area contributed by atoms with Crippen molar-refractivity contribution in [3.63, 3.8) is 0 Å². The van der Waals surface area contributed by atoms with Gasteiger partial charge < -0.3 is 16.6 Å². The Labute approximate surface area is 112 Å². The molecule has 0 spiro atoms. The molecule has 0 bridgehead atoms. The summed E-state index contributed by atoms with van der Waals surface area (Å²) in [5.74, 6) is 0.0387. The molecule has 2 aromatic rings. The number of aliphatic hydroxyl groups excluding tert-OH is 1. The van der Waals surface area contributed by atoms with Gasteiger partial charge in [0.05, 0.1) is 5.56 Å². The average molecular weight is 283 g/mol. The third-order valence-corrected chi connectivity index (χ3v) is 2.87. The van der Waals surface area contributed by atoms with Gasteiger partial charge in [0, 0.05) is 23.0 Å². The number of rotatable bonds is 2. The summed E-state index contributed by atoms with van der Waals surface area (Å²) in [6.07, 6.45) is -4.46. The summed E-state index contributed by atoms with van der Waals surface area (Å²) in [6.45, 7) is 0. The number of hydrogen-bond donors (Lipinski definition) is 3. The number of nitrogen functional groups attached to an aromatic ring is 2. The molecular weight excluding hydrogens is 271 g/mol. The van der Waals surface area contributed by atoms with E-state index in [-0.39, 0.29) is 22.6 Å². The molecule has 1 unspecified atom stereocenters. The number of nitrogens with two attached hydrogens (primary N) is 2. The lowest BCUT2D eigenvalue weighted by Crippen LogP contribution is -2.11. The first kappa shape index (κ1) is 14.1.